The molecule has 0 unspecified atom stereocenters. The Labute approximate surface area is 222 Å². The average Bonchev–Trinajstić information content (AvgIpc) is 3.85. The van der Waals surface area contributed by atoms with Crippen molar-refractivity contribution in [3.05, 3.63) is 64.3 Å². The molecule has 37 heavy (non-hydrogen) atoms. The topological polar surface area (TPSA) is 79.3 Å². The Balaban J connectivity index is 1.26. The molecule has 8 heteroatoms. The number of hydrogen-bond donors (Lipinski definition) is 2. The minimum atomic E-state index is -0.0405. The number of carbonyl (C=O) groups is 2. The molecule has 2 N–H and O–H groups in total. The Morgan fingerprint density at radius 2 is 1.95 bits per heavy atom. The van der Waals surface area contributed by atoms with Gasteiger partial charge in [0.2, 0.25) is 11.9 Å². The standard InChI is InChI=1S/C29H35N5O2S/c1-2-33(18-20-6-4-3-5-7-20)29-30-14-15-34(29)22-12-13-24-23(16-22)25(27(36)31-17-19-8-9-19)28(37-24)32-26(35)21-10-11-21/h3-7,14-15,19,21-22H,2,8-13,16-18H2,1H3,(H,31,36)(H,32,35)/t22-/m0/s1. The number of rotatable bonds is 10. The number of nitrogens with zero attached hydrogens (tertiary/aromatic N) is 3. The van der Waals surface area contributed by atoms with Gasteiger partial charge in [0.05, 0.1) is 5.56 Å². The number of hydrogen-bond acceptors (Lipinski definition) is 5. The second kappa shape index (κ2) is 10.3. The first kappa shape index (κ1) is 24.2. The zero-order valence-electron chi connectivity index (χ0n) is 21.4. The summed E-state index contributed by atoms with van der Waals surface area (Å²) in [4.78, 5) is 34.4. The first-order valence-electron chi connectivity index (χ1n) is 13.7. The van der Waals surface area contributed by atoms with E-state index in [4.69, 9.17) is 4.98 Å². The van der Waals surface area contributed by atoms with Gasteiger partial charge in [-0.25, -0.2) is 4.98 Å². The van der Waals surface area contributed by atoms with Crippen LogP contribution < -0.4 is 15.5 Å². The number of fused-ring (bicyclic) bond motifs is 1. The van der Waals surface area contributed by atoms with Crippen LogP contribution in [0.25, 0.3) is 0 Å². The molecule has 0 spiro atoms. The first-order valence-corrected chi connectivity index (χ1v) is 14.5. The third-order valence-electron chi connectivity index (χ3n) is 7.82. The van der Waals surface area contributed by atoms with Crippen molar-refractivity contribution >= 4 is 34.1 Å². The van der Waals surface area contributed by atoms with E-state index in [1.807, 2.05) is 12.3 Å². The van der Waals surface area contributed by atoms with Crippen molar-refractivity contribution in [2.45, 2.75) is 64.5 Å². The Morgan fingerprint density at radius 1 is 1.14 bits per heavy atom. The minimum absolute atomic E-state index is 0.0405. The van der Waals surface area contributed by atoms with Crippen molar-refractivity contribution in [1.82, 2.24) is 14.9 Å². The highest BCUT2D eigenvalue weighted by Gasteiger charge is 2.35. The molecule has 0 saturated heterocycles. The molecular weight excluding hydrogens is 482 g/mol. The second-order valence-electron chi connectivity index (χ2n) is 10.7. The fraction of sp³-hybridized carbons (Fsp3) is 0.483. The van der Waals surface area contributed by atoms with E-state index in [9.17, 15) is 9.59 Å². The van der Waals surface area contributed by atoms with Crippen LogP contribution in [-0.4, -0.2) is 34.5 Å². The van der Waals surface area contributed by atoms with Gasteiger partial charge in [0.15, 0.2) is 0 Å². The van der Waals surface area contributed by atoms with Crippen molar-refractivity contribution in [2.75, 3.05) is 23.3 Å². The summed E-state index contributed by atoms with van der Waals surface area (Å²) in [6.07, 6.45) is 10.9. The third-order valence-corrected chi connectivity index (χ3v) is 9.02. The SMILES string of the molecule is CCN(Cc1ccccc1)c1nccn1[C@H]1CCc2sc(NC(=O)C3CC3)c(C(=O)NCC3CC3)c2C1. The number of nitrogens with one attached hydrogen (secondary N) is 2. The largest absolute Gasteiger partial charge is 0.352 e. The zero-order valence-corrected chi connectivity index (χ0v) is 22.2. The number of thiophene rings is 1. The summed E-state index contributed by atoms with van der Waals surface area (Å²) in [5.74, 6) is 1.70. The molecular formula is C29H35N5O2S. The van der Waals surface area contributed by atoms with Gasteiger partial charge in [0, 0.05) is 48.9 Å². The van der Waals surface area contributed by atoms with E-state index in [1.165, 1.54) is 23.3 Å². The van der Waals surface area contributed by atoms with Gasteiger partial charge < -0.3 is 20.1 Å². The van der Waals surface area contributed by atoms with Crippen LogP contribution >= 0.6 is 11.3 Å². The van der Waals surface area contributed by atoms with Crippen LogP contribution in [0.3, 0.4) is 0 Å². The summed E-state index contributed by atoms with van der Waals surface area (Å²) >= 11 is 1.60. The van der Waals surface area contributed by atoms with Crippen molar-refractivity contribution in [1.29, 1.82) is 0 Å². The fourth-order valence-corrected chi connectivity index (χ4v) is 6.55. The highest BCUT2D eigenvalue weighted by molar-refractivity contribution is 7.17. The number of anilines is 2. The summed E-state index contributed by atoms with van der Waals surface area (Å²) in [6, 6.07) is 10.7. The normalized spacial score (nSPS) is 18.8. The van der Waals surface area contributed by atoms with E-state index in [1.54, 1.807) is 11.3 Å². The molecule has 2 amide bonds. The van der Waals surface area contributed by atoms with Crippen LogP contribution in [0, 0.1) is 11.8 Å². The monoisotopic (exact) mass is 517 g/mol. The maximum absolute atomic E-state index is 13.4. The quantitative estimate of drug-likeness (QED) is 0.388. The molecule has 6 rings (SSSR count). The highest BCUT2D eigenvalue weighted by Crippen LogP contribution is 2.43. The second-order valence-corrected chi connectivity index (χ2v) is 11.8. The van der Waals surface area contributed by atoms with E-state index >= 15 is 0 Å². The Bertz CT molecular complexity index is 1270. The molecule has 2 aromatic heterocycles. The lowest BCUT2D eigenvalue weighted by atomic mass is 9.91. The summed E-state index contributed by atoms with van der Waals surface area (Å²) in [5.41, 5.74) is 3.05. The van der Waals surface area contributed by atoms with E-state index in [2.05, 4.69) is 57.5 Å². The molecule has 7 nitrogen and oxygen atoms in total. The molecule has 3 aliphatic rings. The van der Waals surface area contributed by atoms with Crippen molar-refractivity contribution in [3.63, 3.8) is 0 Å². The van der Waals surface area contributed by atoms with Crippen LogP contribution in [0.5, 0.6) is 0 Å². The fourth-order valence-electron chi connectivity index (χ4n) is 5.30. The van der Waals surface area contributed by atoms with Crippen LogP contribution in [0.1, 0.15) is 71.4 Å². The van der Waals surface area contributed by atoms with Crippen molar-refractivity contribution < 1.29 is 9.59 Å². The minimum Gasteiger partial charge on any atom is -0.352 e. The summed E-state index contributed by atoms with van der Waals surface area (Å²) in [5, 5.41) is 7.02. The summed E-state index contributed by atoms with van der Waals surface area (Å²) < 4.78 is 2.29. The molecule has 2 heterocycles. The van der Waals surface area contributed by atoms with Gasteiger partial charge in [0.25, 0.3) is 5.91 Å². The number of amides is 2. The van der Waals surface area contributed by atoms with Crippen LogP contribution in [0.4, 0.5) is 10.9 Å². The summed E-state index contributed by atoms with van der Waals surface area (Å²) in [6.45, 7) is 4.54. The number of imidazole rings is 1. The lowest BCUT2D eigenvalue weighted by Crippen LogP contribution is -2.30. The third kappa shape index (κ3) is 5.30. The molecule has 2 fully saturated rings. The van der Waals surface area contributed by atoms with Gasteiger partial charge in [-0.05, 0) is 68.9 Å². The smallest absolute Gasteiger partial charge is 0.254 e. The predicted molar refractivity (Wildman–Crippen MR) is 147 cm³/mol. The highest BCUT2D eigenvalue weighted by atomic mass is 32.1. The lowest BCUT2D eigenvalue weighted by Gasteiger charge is -2.30. The molecule has 1 atom stereocenters. The van der Waals surface area contributed by atoms with Gasteiger partial charge in [-0.3, -0.25) is 9.59 Å². The molecule has 0 bridgehead atoms. The molecule has 2 saturated carbocycles. The molecule has 0 radical (unpaired) electrons. The van der Waals surface area contributed by atoms with Gasteiger partial charge >= 0.3 is 0 Å². The van der Waals surface area contributed by atoms with E-state index in [-0.39, 0.29) is 23.8 Å². The molecule has 0 aliphatic heterocycles. The Morgan fingerprint density at radius 3 is 2.68 bits per heavy atom. The van der Waals surface area contributed by atoms with Gasteiger partial charge in [0.1, 0.15) is 5.00 Å². The predicted octanol–water partition coefficient (Wildman–Crippen LogP) is 5.19. The van der Waals surface area contributed by atoms with Gasteiger partial charge in [-0.1, -0.05) is 30.3 Å². The summed E-state index contributed by atoms with van der Waals surface area (Å²) in [7, 11) is 0. The molecule has 1 aromatic carbocycles. The van der Waals surface area contributed by atoms with Crippen LogP contribution in [-0.2, 0) is 24.2 Å². The zero-order chi connectivity index (χ0) is 25.4. The molecule has 3 aliphatic carbocycles. The maximum atomic E-state index is 13.4. The van der Waals surface area contributed by atoms with Crippen LogP contribution in [0.2, 0.25) is 0 Å². The average molecular weight is 518 g/mol. The van der Waals surface area contributed by atoms with Crippen molar-refractivity contribution in [2.24, 2.45) is 11.8 Å². The first-order chi connectivity index (χ1) is 18.1. The lowest BCUT2D eigenvalue weighted by molar-refractivity contribution is -0.117. The Kier molecular flexibility index (Phi) is 6.76. The Hall–Kier alpha value is -3.13. The van der Waals surface area contributed by atoms with Gasteiger partial charge in [-0.2, -0.15) is 0 Å². The number of aryl methyl sites for hydroxylation is 1. The number of benzene rings is 1. The number of aromatic nitrogens is 2. The van der Waals surface area contributed by atoms with E-state index in [0.29, 0.717) is 11.5 Å². The van der Waals surface area contributed by atoms with E-state index in [0.717, 1.165) is 68.3 Å². The van der Waals surface area contributed by atoms with E-state index < -0.39 is 0 Å². The number of carbonyl (C=O) groups excluding carboxylic acids is 2. The molecule has 3 aromatic rings. The molecule has 194 valence electrons. The van der Waals surface area contributed by atoms with Gasteiger partial charge in [-0.15, -0.1) is 11.3 Å². The van der Waals surface area contributed by atoms with Crippen molar-refractivity contribution in [3.8, 4) is 0 Å². The van der Waals surface area contributed by atoms with Crippen LogP contribution in [0.15, 0.2) is 42.7 Å². The maximum Gasteiger partial charge on any atom is 0.254 e.